The molecule has 3 nitrogen and oxygen atoms in total. The standard InChI is InChI=1S/C6H7BrN2OS/c1-11(10)5-2-6(8)9-3-4(5)7/h2-3H,1H3,(H2,8,9). The van der Waals surface area contributed by atoms with E-state index in [1.165, 1.54) is 0 Å². The molecule has 0 saturated carbocycles. The smallest absolute Gasteiger partial charge is 0.124 e. The highest BCUT2D eigenvalue weighted by atomic mass is 79.9. The van der Waals surface area contributed by atoms with Crippen molar-refractivity contribution in [2.75, 3.05) is 12.0 Å². The first kappa shape index (κ1) is 8.67. The zero-order chi connectivity index (χ0) is 8.43. The second kappa shape index (κ2) is 3.32. The van der Waals surface area contributed by atoms with Gasteiger partial charge >= 0.3 is 0 Å². The van der Waals surface area contributed by atoms with Crippen molar-refractivity contribution >= 4 is 32.5 Å². The van der Waals surface area contributed by atoms with E-state index in [9.17, 15) is 4.21 Å². The summed E-state index contributed by atoms with van der Waals surface area (Å²) < 4.78 is 11.7. The number of nitrogen functional groups attached to an aromatic ring is 1. The molecule has 0 bridgehead atoms. The molecule has 0 aliphatic heterocycles. The zero-order valence-corrected chi connectivity index (χ0v) is 8.28. The van der Waals surface area contributed by atoms with Crippen LogP contribution in [-0.2, 0) is 10.8 Å². The molecule has 60 valence electrons. The lowest BCUT2D eigenvalue weighted by molar-refractivity contribution is 0.686. The molecule has 1 atom stereocenters. The van der Waals surface area contributed by atoms with Crippen molar-refractivity contribution in [2.24, 2.45) is 0 Å². The van der Waals surface area contributed by atoms with Gasteiger partial charge in [-0.25, -0.2) is 4.98 Å². The van der Waals surface area contributed by atoms with Gasteiger partial charge in [0.2, 0.25) is 0 Å². The monoisotopic (exact) mass is 234 g/mol. The third-order valence-corrected chi connectivity index (χ3v) is 3.00. The Morgan fingerprint density at radius 3 is 2.82 bits per heavy atom. The number of aromatic nitrogens is 1. The summed E-state index contributed by atoms with van der Waals surface area (Å²) in [5, 5.41) is 0. The first-order valence-electron chi connectivity index (χ1n) is 2.85. The molecule has 0 aliphatic rings. The molecule has 0 fully saturated rings. The number of halogens is 1. The maximum Gasteiger partial charge on any atom is 0.124 e. The van der Waals surface area contributed by atoms with Gasteiger partial charge in [-0.2, -0.15) is 0 Å². The molecule has 0 spiro atoms. The molecule has 1 aromatic heterocycles. The van der Waals surface area contributed by atoms with Gasteiger partial charge in [0, 0.05) is 12.5 Å². The van der Waals surface area contributed by atoms with E-state index in [-0.39, 0.29) is 0 Å². The fourth-order valence-corrected chi connectivity index (χ4v) is 2.17. The van der Waals surface area contributed by atoms with Gasteiger partial charge in [-0.1, -0.05) is 0 Å². The van der Waals surface area contributed by atoms with Crippen LogP contribution in [0.25, 0.3) is 0 Å². The van der Waals surface area contributed by atoms with Gasteiger partial charge in [0.1, 0.15) is 5.82 Å². The minimum atomic E-state index is -1.02. The van der Waals surface area contributed by atoms with Gasteiger partial charge in [-0.15, -0.1) is 0 Å². The van der Waals surface area contributed by atoms with Gasteiger partial charge in [0.25, 0.3) is 0 Å². The summed E-state index contributed by atoms with van der Waals surface area (Å²) in [5.41, 5.74) is 5.40. The summed E-state index contributed by atoms with van der Waals surface area (Å²) in [6.07, 6.45) is 3.14. The number of hydrogen-bond donors (Lipinski definition) is 1. The maximum absolute atomic E-state index is 11.0. The highest BCUT2D eigenvalue weighted by Crippen LogP contribution is 2.19. The lowest BCUT2D eigenvalue weighted by atomic mass is 10.5. The first-order valence-corrected chi connectivity index (χ1v) is 5.21. The molecule has 0 radical (unpaired) electrons. The number of nitrogens with zero attached hydrogens (tertiary/aromatic N) is 1. The van der Waals surface area contributed by atoms with Gasteiger partial charge in [-0.3, -0.25) is 4.21 Å². The lowest BCUT2D eigenvalue weighted by Gasteiger charge is -1.99. The van der Waals surface area contributed by atoms with E-state index >= 15 is 0 Å². The summed E-state index contributed by atoms with van der Waals surface area (Å²) in [7, 11) is -1.02. The molecule has 5 heteroatoms. The lowest BCUT2D eigenvalue weighted by Crippen LogP contribution is -1.95. The Morgan fingerprint density at radius 1 is 1.73 bits per heavy atom. The van der Waals surface area contributed by atoms with Crippen LogP contribution in [0.2, 0.25) is 0 Å². The Kier molecular flexibility index (Phi) is 2.62. The summed E-state index contributed by atoms with van der Waals surface area (Å²) in [5.74, 6) is 0.387. The van der Waals surface area contributed by atoms with Crippen LogP contribution in [0.1, 0.15) is 0 Å². The van der Waals surface area contributed by atoms with Crippen molar-refractivity contribution in [3.8, 4) is 0 Å². The minimum absolute atomic E-state index is 0.387. The second-order valence-electron chi connectivity index (χ2n) is 1.99. The van der Waals surface area contributed by atoms with Crippen LogP contribution in [0.4, 0.5) is 5.82 Å². The van der Waals surface area contributed by atoms with Crippen molar-refractivity contribution in [2.45, 2.75) is 4.90 Å². The first-order chi connectivity index (χ1) is 5.11. The molecule has 1 rings (SSSR count). The van der Waals surface area contributed by atoms with E-state index in [4.69, 9.17) is 5.73 Å². The molecule has 0 saturated heterocycles. The van der Waals surface area contributed by atoms with E-state index in [2.05, 4.69) is 20.9 Å². The van der Waals surface area contributed by atoms with Gasteiger partial charge in [0.05, 0.1) is 20.2 Å². The topological polar surface area (TPSA) is 56.0 Å². The normalized spacial score (nSPS) is 12.9. The van der Waals surface area contributed by atoms with Crippen molar-refractivity contribution < 1.29 is 4.21 Å². The Balaban J connectivity index is 3.23. The number of anilines is 1. The van der Waals surface area contributed by atoms with E-state index in [1.54, 1.807) is 18.5 Å². The molecule has 0 aromatic carbocycles. The molecule has 2 N–H and O–H groups in total. The van der Waals surface area contributed by atoms with Gasteiger partial charge in [0.15, 0.2) is 0 Å². The molecule has 1 unspecified atom stereocenters. The molecule has 11 heavy (non-hydrogen) atoms. The Bertz CT molecular complexity index is 303. The average molecular weight is 235 g/mol. The quantitative estimate of drug-likeness (QED) is 0.794. The highest BCUT2D eigenvalue weighted by Gasteiger charge is 2.03. The molecule has 1 aromatic rings. The van der Waals surface area contributed by atoms with Crippen LogP contribution in [0.5, 0.6) is 0 Å². The fourth-order valence-electron chi connectivity index (χ4n) is 0.656. The van der Waals surface area contributed by atoms with Gasteiger partial charge < -0.3 is 5.73 Å². The Hall–Kier alpha value is -0.420. The summed E-state index contributed by atoms with van der Waals surface area (Å²) in [4.78, 5) is 4.50. The number of nitrogens with two attached hydrogens (primary N) is 1. The maximum atomic E-state index is 11.0. The summed E-state index contributed by atoms with van der Waals surface area (Å²) in [6, 6.07) is 1.60. The van der Waals surface area contributed by atoms with Crippen LogP contribution in [0.15, 0.2) is 21.6 Å². The highest BCUT2D eigenvalue weighted by molar-refractivity contribution is 9.10. The number of rotatable bonds is 1. The molecule has 1 heterocycles. The molecule has 0 amide bonds. The number of pyridine rings is 1. The van der Waals surface area contributed by atoms with E-state index in [1.807, 2.05) is 0 Å². The van der Waals surface area contributed by atoms with Crippen molar-refractivity contribution in [1.29, 1.82) is 0 Å². The molecular weight excluding hydrogens is 228 g/mol. The summed E-state index contributed by atoms with van der Waals surface area (Å²) in [6.45, 7) is 0. The van der Waals surface area contributed by atoms with Crippen molar-refractivity contribution in [1.82, 2.24) is 4.98 Å². The fraction of sp³-hybridized carbons (Fsp3) is 0.167. The van der Waals surface area contributed by atoms with Crippen LogP contribution in [0.3, 0.4) is 0 Å². The van der Waals surface area contributed by atoms with Crippen LogP contribution in [0, 0.1) is 0 Å². The van der Waals surface area contributed by atoms with Crippen LogP contribution < -0.4 is 5.73 Å². The summed E-state index contributed by atoms with van der Waals surface area (Å²) >= 11 is 3.22. The van der Waals surface area contributed by atoms with Gasteiger partial charge in [-0.05, 0) is 22.0 Å². The predicted molar refractivity (Wildman–Crippen MR) is 48.7 cm³/mol. The van der Waals surface area contributed by atoms with Crippen LogP contribution in [-0.4, -0.2) is 15.4 Å². The van der Waals surface area contributed by atoms with E-state index in [0.717, 1.165) is 4.47 Å². The number of hydrogen-bond acceptors (Lipinski definition) is 3. The average Bonchev–Trinajstić information content (AvgIpc) is 1.94. The zero-order valence-electron chi connectivity index (χ0n) is 5.87. The predicted octanol–water partition coefficient (Wildman–Crippen LogP) is 1.16. The molecular formula is C6H7BrN2OS. The second-order valence-corrected chi connectivity index (χ2v) is 4.20. The van der Waals surface area contributed by atoms with E-state index < -0.39 is 10.8 Å². The third kappa shape index (κ3) is 2.00. The third-order valence-electron chi connectivity index (χ3n) is 1.15. The molecule has 0 aliphatic carbocycles. The minimum Gasteiger partial charge on any atom is -0.384 e. The Morgan fingerprint density at radius 2 is 2.36 bits per heavy atom. The largest absolute Gasteiger partial charge is 0.384 e. The van der Waals surface area contributed by atoms with Crippen molar-refractivity contribution in [3.05, 3.63) is 16.7 Å². The van der Waals surface area contributed by atoms with Crippen LogP contribution >= 0.6 is 15.9 Å². The Labute approximate surface area is 75.6 Å². The van der Waals surface area contributed by atoms with E-state index in [0.29, 0.717) is 10.7 Å². The SMILES string of the molecule is CS(=O)c1cc(N)ncc1Br. The van der Waals surface area contributed by atoms with Crippen molar-refractivity contribution in [3.63, 3.8) is 0 Å².